The molecule has 0 saturated heterocycles. The smallest absolute Gasteiger partial charge is 0.234 e. The lowest BCUT2D eigenvalue weighted by atomic mass is 10.1. The van der Waals surface area contributed by atoms with Crippen LogP contribution >= 0.6 is 0 Å². The maximum absolute atomic E-state index is 5.14. The van der Waals surface area contributed by atoms with Crippen LogP contribution in [-0.2, 0) is 0 Å². The van der Waals surface area contributed by atoms with Crippen LogP contribution in [0, 0.1) is 0 Å². The van der Waals surface area contributed by atoms with Gasteiger partial charge in [-0.15, -0.1) is 0 Å². The Balaban J connectivity index is 1.16. The molecule has 5 heteroatoms. The normalized spacial score (nSPS) is 11.9. The second-order valence-corrected chi connectivity index (χ2v) is 13.1. The van der Waals surface area contributed by atoms with Crippen LogP contribution in [0.4, 0.5) is 0 Å². The van der Waals surface area contributed by atoms with Gasteiger partial charge in [-0.2, -0.15) is 0 Å². The topological polar surface area (TPSA) is 40.6 Å². The molecule has 5 nitrogen and oxygen atoms in total. The van der Waals surface area contributed by atoms with Crippen LogP contribution in [0.5, 0.6) is 0 Å². The Morgan fingerprint density at radius 3 is 1.35 bits per heavy atom. The average molecular weight is 652 g/mol. The van der Waals surface area contributed by atoms with Crippen LogP contribution in [-0.4, -0.2) is 23.7 Å². The molecular formula is C46H29N5. The highest BCUT2D eigenvalue weighted by Gasteiger charge is 2.22. The lowest BCUT2D eigenvalue weighted by Gasteiger charge is -2.14. The maximum atomic E-state index is 5.14. The van der Waals surface area contributed by atoms with Crippen molar-refractivity contribution < 1.29 is 0 Å². The lowest BCUT2D eigenvalue weighted by molar-refractivity contribution is 0.989. The Bertz CT molecular complexity index is 3070. The molecule has 7 aromatic carbocycles. The van der Waals surface area contributed by atoms with Gasteiger partial charge in [0.1, 0.15) is 0 Å². The molecule has 238 valence electrons. The van der Waals surface area contributed by atoms with Crippen molar-refractivity contribution in [1.29, 1.82) is 0 Å². The molecule has 11 rings (SSSR count). The van der Waals surface area contributed by atoms with Gasteiger partial charge in [0.25, 0.3) is 0 Å². The van der Waals surface area contributed by atoms with Crippen LogP contribution in [0.15, 0.2) is 176 Å². The minimum absolute atomic E-state index is 0.636. The Kier molecular flexibility index (Phi) is 5.89. The van der Waals surface area contributed by atoms with E-state index in [1.807, 2.05) is 12.4 Å². The van der Waals surface area contributed by atoms with E-state index in [4.69, 9.17) is 9.97 Å². The molecule has 0 N–H and O–H groups in total. The largest absolute Gasteiger partial charge is 0.309 e. The van der Waals surface area contributed by atoms with Crippen LogP contribution in [0.1, 0.15) is 0 Å². The summed E-state index contributed by atoms with van der Waals surface area (Å²) in [5.41, 5.74) is 11.1. The number of hydrogen-bond acceptors (Lipinski definition) is 2. The fourth-order valence-electron chi connectivity index (χ4n) is 8.22. The molecule has 0 bridgehead atoms. The van der Waals surface area contributed by atoms with Crippen LogP contribution < -0.4 is 0 Å². The molecule has 11 aromatic rings. The van der Waals surface area contributed by atoms with E-state index in [1.165, 1.54) is 48.9 Å². The summed E-state index contributed by atoms with van der Waals surface area (Å²) in [4.78, 5) is 10.3. The molecule has 0 amide bonds. The van der Waals surface area contributed by atoms with Gasteiger partial charge in [0.05, 0.1) is 38.8 Å². The summed E-state index contributed by atoms with van der Waals surface area (Å²) in [6, 6.07) is 58.2. The van der Waals surface area contributed by atoms with E-state index >= 15 is 0 Å². The van der Waals surface area contributed by atoms with Crippen molar-refractivity contribution in [2.45, 2.75) is 0 Å². The first kappa shape index (κ1) is 27.9. The minimum atomic E-state index is 0.636. The minimum Gasteiger partial charge on any atom is -0.309 e. The zero-order valence-corrected chi connectivity index (χ0v) is 27.5. The zero-order chi connectivity index (χ0) is 33.5. The van der Waals surface area contributed by atoms with Gasteiger partial charge in [-0.05, 0) is 42.5 Å². The summed E-state index contributed by atoms with van der Waals surface area (Å²) < 4.78 is 6.99. The van der Waals surface area contributed by atoms with Crippen molar-refractivity contribution in [3.63, 3.8) is 0 Å². The van der Waals surface area contributed by atoms with Crippen LogP contribution in [0.2, 0.25) is 0 Å². The summed E-state index contributed by atoms with van der Waals surface area (Å²) >= 11 is 0. The van der Waals surface area contributed by atoms with Crippen molar-refractivity contribution in [1.82, 2.24) is 23.7 Å². The van der Waals surface area contributed by atoms with E-state index in [-0.39, 0.29) is 0 Å². The lowest BCUT2D eigenvalue weighted by Crippen LogP contribution is -2.03. The fourth-order valence-corrected chi connectivity index (χ4v) is 8.22. The summed E-state index contributed by atoms with van der Waals surface area (Å²) in [7, 11) is 0. The molecule has 0 aliphatic carbocycles. The average Bonchev–Trinajstić information content (AvgIpc) is 3.84. The van der Waals surface area contributed by atoms with Gasteiger partial charge in [-0.3, -0.25) is 4.57 Å². The summed E-state index contributed by atoms with van der Waals surface area (Å²) in [5, 5.41) is 7.22. The van der Waals surface area contributed by atoms with Gasteiger partial charge < -0.3 is 9.13 Å². The predicted molar refractivity (Wildman–Crippen MR) is 210 cm³/mol. The van der Waals surface area contributed by atoms with Crippen LogP contribution in [0.3, 0.4) is 0 Å². The number of benzene rings is 7. The molecule has 0 spiro atoms. The Labute approximate surface area is 292 Å². The molecule has 0 fully saturated rings. The van der Waals surface area contributed by atoms with Gasteiger partial charge in [0.2, 0.25) is 5.95 Å². The zero-order valence-electron chi connectivity index (χ0n) is 27.5. The van der Waals surface area contributed by atoms with E-state index in [2.05, 4.69) is 177 Å². The summed E-state index contributed by atoms with van der Waals surface area (Å²) in [6.07, 6.45) is 3.95. The highest BCUT2D eigenvalue weighted by atomic mass is 15.2. The summed E-state index contributed by atoms with van der Waals surface area (Å²) in [5.74, 6) is 0.636. The predicted octanol–water partition coefficient (Wildman–Crippen LogP) is 11.4. The fraction of sp³-hybridized carbons (Fsp3) is 0. The second kappa shape index (κ2) is 10.8. The van der Waals surface area contributed by atoms with Crippen molar-refractivity contribution in [3.05, 3.63) is 176 Å². The van der Waals surface area contributed by atoms with E-state index in [0.29, 0.717) is 5.95 Å². The van der Waals surface area contributed by atoms with Crippen molar-refractivity contribution >= 4 is 65.4 Å². The Morgan fingerprint density at radius 1 is 0.333 bits per heavy atom. The number of aromatic nitrogens is 5. The first-order chi connectivity index (χ1) is 25.3. The highest BCUT2D eigenvalue weighted by molar-refractivity contribution is 6.23. The van der Waals surface area contributed by atoms with Crippen molar-refractivity contribution in [2.24, 2.45) is 0 Å². The maximum Gasteiger partial charge on any atom is 0.234 e. The van der Waals surface area contributed by atoms with Gasteiger partial charge in [-0.1, -0.05) is 121 Å². The molecule has 0 aliphatic rings. The monoisotopic (exact) mass is 651 g/mol. The molecule has 4 heterocycles. The number of rotatable bonds is 4. The van der Waals surface area contributed by atoms with Gasteiger partial charge in [-0.25, -0.2) is 9.97 Å². The molecule has 0 saturated carbocycles. The first-order valence-corrected chi connectivity index (χ1v) is 17.3. The third kappa shape index (κ3) is 3.97. The molecular weight excluding hydrogens is 623 g/mol. The summed E-state index contributed by atoms with van der Waals surface area (Å²) in [6.45, 7) is 0. The number of hydrogen-bond donors (Lipinski definition) is 0. The van der Waals surface area contributed by atoms with Gasteiger partial charge in [0.15, 0.2) is 0 Å². The molecule has 0 radical (unpaired) electrons. The Morgan fingerprint density at radius 2 is 0.765 bits per heavy atom. The molecule has 0 atom stereocenters. The van der Waals surface area contributed by atoms with E-state index in [1.54, 1.807) is 0 Å². The van der Waals surface area contributed by atoms with Gasteiger partial charge >= 0.3 is 0 Å². The molecule has 4 aromatic heterocycles. The quantitative estimate of drug-likeness (QED) is 0.190. The first-order valence-electron chi connectivity index (χ1n) is 17.3. The SMILES string of the molecule is c1ccc(-n2c3ccccc3c3ccc4c5ccccc5n(-c5ncc(-c6ccccc6-n6c7ccccc7c7ccccc76)cn5)c4c32)cc1. The van der Waals surface area contributed by atoms with E-state index in [9.17, 15) is 0 Å². The third-order valence-electron chi connectivity index (χ3n) is 10.4. The standard InChI is InChI=1S/C46H29N5/c1-2-14-31(15-3-1)49-40-22-10-7-19-35(40)37-26-27-38-36-20-8-13-25-43(36)51(45(38)44(37)49)46-47-28-30(29-48-46)32-16-4-9-21-39(32)50-41-23-11-5-17-33(41)34-18-6-12-24-42(34)50/h1-29H. The van der Waals surface area contributed by atoms with Crippen LogP contribution in [0.25, 0.3) is 93.9 Å². The molecule has 0 aliphatic heterocycles. The highest BCUT2D eigenvalue weighted by Crippen LogP contribution is 2.41. The van der Waals surface area contributed by atoms with E-state index in [0.717, 1.165) is 39.1 Å². The van der Waals surface area contributed by atoms with Crippen molar-refractivity contribution in [2.75, 3.05) is 0 Å². The van der Waals surface area contributed by atoms with Crippen molar-refractivity contribution in [3.8, 4) is 28.5 Å². The van der Waals surface area contributed by atoms with Gasteiger partial charge in [0, 0.05) is 61.5 Å². The molecule has 0 unspecified atom stereocenters. The number of fused-ring (bicyclic) bond motifs is 10. The Hall–Kier alpha value is -6.98. The number of para-hydroxylation sites is 6. The number of nitrogens with zero attached hydrogens (tertiary/aromatic N) is 5. The third-order valence-corrected chi connectivity index (χ3v) is 10.4. The van der Waals surface area contributed by atoms with E-state index < -0.39 is 0 Å². The second-order valence-electron chi connectivity index (χ2n) is 13.1. The molecule has 51 heavy (non-hydrogen) atoms.